The molecule has 17 heavy (non-hydrogen) atoms. The van der Waals surface area contributed by atoms with Crippen molar-refractivity contribution >= 4 is 16.5 Å². The lowest BCUT2D eigenvalue weighted by molar-refractivity contribution is 0.419. The molecular formula is C13H25N3S. The molecule has 0 atom stereocenters. The molecule has 1 rings (SSSR count). The number of aromatic nitrogens is 1. The molecule has 1 N–H and O–H groups in total. The molecule has 98 valence electrons. The van der Waals surface area contributed by atoms with Crippen molar-refractivity contribution in [3.05, 3.63) is 11.1 Å². The maximum atomic E-state index is 4.48. The van der Waals surface area contributed by atoms with Crippen LogP contribution in [0.5, 0.6) is 0 Å². The summed E-state index contributed by atoms with van der Waals surface area (Å²) in [5.41, 5.74) is 0.302. The average molecular weight is 255 g/mol. The number of anilines is 1. The standard InChI is InChI=1S/C13H25N3S/c1-10(2)14-7-11-8-15-12(17-11)16(6)9-13(3,4)5/h8,10,14H,7,9H2,1-6H3. The first kappa shape index (κ1) is 14.5. The Morgan fingerprint density at radius 2 is 2.06 bits per heavy atom. The van der Waals surface area contributed by atoms with Gasteiger partial charge in [-0.2, -0.15) is 0 Å². The van der Waals surface area contributed by atoms with Gasteiger partial charge in [-0.15, -0.1) is 11.3 Å². The summed E-state index contributed by atoms with van der Waals surface area (Å²) < 4.78 is 0. The maximum absolute atomic E-state index is 4.48. The molecule has 4 heteroatoms. The highest BCUT2D eigenvalue weighted by Crippen LogP contribution is 2.24. The van der Waals surface area contributed by atoms with Gasteiger partial charge >= 0.3 is 0 Å². The Hall–Kier alpha value is -0.610. The van der Waals surface area contributed by atoms with E-state index in [1.54, 1.807) is 11.3 Å². The quantitative estimate of drug-likeness (QED) is 0.876. The number of thiazole rings is 1. The lowest BCUT2D eigenvalue weighted by Crippen LogP contribution is -2.28. The molecule has 1 aromatic rings. The molecule has 0 unspecified atom stereocenters. The molecule has 0 aromatic carbocycles. The van der Waals surface area contributed by atoms with Crippen molar-refractivity contribution in [3.63, 3.8) is 0 Å². The third-order valence-corrected chi connectivity index (χ3v) is 3.38. The van der Waals surface area contributed by atoms with E-state index in [4.69, 9.17) is 0 Å². The van der Waals surface area contributed by atoms with Crippen LogP contribution in [0.15, 0.2) is 6.20 Å². The van der Waals surface area contributed by atoms with Crippen LogP contribution in [-0.2, 0) is 6.54 Å². The smallest absolute Gasteiger partial charge is 0.185 e. The Balaban J connectivity index is 2.55. The fourth-order valence-electron chi connectivity index (χ4n) is 1.64. The first-order valence-corrected chi connectivity index (χ1v) is 6.99. The van der Waals surface area contributed by atoms with Crippen LogP contribution in [0.2, 0.25) is 0 Å². The van der Waals surface area contributed by atoms with E-state index in [1.165, 1.54) is 4.88 Å². The van der Waals surface area contributed by atoms with Crippen molar-refractivity contribution in [1.82, 2.24) is 10.3 Å². The summed E-state index contributed by atoms with van der Waals surface area (Å²) in [6.45, 7) is 13.0. The number of rotatable bonds is 5. The number of nitrogens with one attached hydrogen (secondary N) is 1. The van der Waals surface area contributed by atoms with Gasteiger partial charge in [-0.1, -0.05) is 34.6 Å². The fourth-order valence-corrected chi connectivity index (χ4v) is 2.46. The highest BCUT2D eigenvalue weighted by atomic mass is 32.1. The summed E-state index contributed by atoms with van der Waals surface area (Å²) in [6, 6.07) is 0.521. The summed E-state index contributed by atoms with van der Waals surface area (Å²) in [6.07, 6.45) is 1.98. The minimum Gasteiger partial charge on any atom is -0.351 e. The minimum absolute atomic E-state index is 0.302. The first-order chi connectivity index (χ1) is 7.78. The van der Waals surface area contributed by atoms with Gasteiger partial charge < -0.3 is 10.2 Å². The molecule has 0 fully saturated rings. The van der Waals surface area contributed by atoms with Crippen LogP contribution in [0, 0.1) is 5.41 Å². The van der Waals surface area contributed by atoms with E-state index in [0.29, 0.717) is 11.5 Å². The van der Waals surface area contributed by atoms with Crippen LogP contribution in [-0.4, -0.2) is 24.6 Å². The van der Waals surface area contributed by atoms with Gasteiger partial charge in [-0.25, -0.2) is 4.98 Å². The molecule has 0 radical (unpaired) electrons. The third-order valence-electron chi connectivity index (χ3n) is 2.26. The van der Waals surface area contributed by atoms with E-state index in [9.17, 15) is 0 Å². The number of hydrogen-bond donors (Lipinski definition) is 1. The van der Waals surface area contributed by atoms with Crippen LogP contribution in [0.25, 0.3) is 0 Å². The zero-order valence-corrected chi connectivity index (χ0v) is 12.7. The van der Waals surface area contributed by atoms with Gasteiger partial charge in [0.05, 0.1) is 0 Å². The van der Waals surface area contributed by atoms with Crippen LogP contribution >= 0.6 is 11.3 Å². The van der Waals surface area contributed by atoms with E-state index in [1.807, 2.05) is 6.20 Å². The molecular weight excluding hydrogens is 230 g/mol. The van der Waals surface area contributed by atoms with Gasteiger partial charge in [0.2, 0.25) is 0 Å². The molecule has 0 aliphatic rings. The van der Waals surface area contributed by atoms with Crippen LogP contribution < -0.4 is 10.2 Å². The maximum Gasteiger partial charge on any atom is 0.185 e. The zero-order valence-electron chi connectivity index (χ0n) is 11.9. The van der Waals surface area contributed by atoms with E-state index < -0.39 is 0 Å². The number of nitrogens with zero attached hydrogens (tertiary/aromatic N) is 2. The second kappa shape index (κ2) is 5.83. The highest BCUT2D eigenvalue weighted by molar-refractivity contribution is 7.15. The van der Waals surface area contributed by atoms with E-state index in [-0.39, 0.29) is 0 Å². The summed E-state index contributed by atoms with van der Waals surface area (Å²) in [4.78, 5) is 8.02. The predicted molar refractivity (Wildman–Crippen MR) is 76.8 cm³/mol. The van der Waals surface area contributed by atoms with Crippen molar-refractivity contribution in [2.45, 2.75) is 47.2 Å². The second-order valence-corrected chi connectivity index (χ2v) is 7.16. The van der Waals surface area contributed by atoms with Crippen molar-refractivity contribution in [2.24, 2.45) is 5.41 Å². The SMILES string of the molecule is CC(C)NCc1cnc(N(C)CC(C)(C)C)s1. The molecule has 0 bridgehead atoms. The van der Waals surface area contributed by atoms with Gasteiger partial charge in [0.25, 0.3) is 0 Å². The monoisotopic (exact) mass is 255 g/mol. The topological polar surface area (TPSA) is 28.2 Å². The van der Waals surface area contributed by atoms with Crippen LogP contribution in [0.3, 0.4) is 0 Å². The molecule has 3 nitrogen and oxygen atoms in total. The zero-order chi connectivity index (χ0) is 13.1. The third kappa shape index (κ3) is 5.50. The molecule has 0 amide bonds. The Morgan fingerprint density at radius 3 is 2.59 bits per heavy atom. The van der Waals surface area contributed by atoms with Gasteiger partial charge in [0, 0.05) is 37.3 Å². The van der Waals surface area contributed by atoms with E-state index in [0.717, 1.165) is 18.2 Å². The Kier molecular flexibility index (Phi) is 4.95. The highest BCUT2D eigenvalue weighted by Gasteiger charge is 2.16. The van der Waals surface area contributed by atoms with Crippen molar-refractivity contribution in [3.8, 4) is 0 Å². The van der Waals surface area contributed by atoms with Crippen LogP contribution in [0.4, 0.5) is 5.13 Å². The van der Waals surface area contributed by atoms with Crippen molar-refractivity contribution < 1.29 is 0 Å². The normalized spacial score (nSPS) is 12.2. The Labute approximate surface area is 109 Å². The van der Waals surface area contributed by atoms with Gasteiger partial charge in [0.15, 0.2) is 5.13 Å². The molecule has 0 saturated carbocycles. The minimum atomic E-state index is 0.302. The van der Waals surface area contributed by atoms with E-state index in [2.05, 4.69) is 56.9 Å². The summed E-state index contributed by atoms with van der Waals surface area (Å²) in [7, 11) is 2.11. The average Bonchev–Trinajstić information content (AvgIpc) is 2.60. The largest absolute Gasteiger partial charge is 0.351 e. The van der Waals surface area contributed by atoms with Crippen molar-refractivity contribution in [1.29, 1.82) is 0 Å². The van der Waals surface area contributed by atoms with E-state index >= 15 is 0 Å². The van der Waals surface area contributed by atoms with Gasteiger partial charge in [-0.3, -0.25) is 0 Å². The Morgan fingerprint density at radius 1 is 1.41 bits per heavy atom. The molecule has 1 aromatic heterocycles. The molecule has 0 spiro atoms. The van der Waals surface area contributed by atoms with Gasteiger partial charge in [0.1, 0.15) is 0 Å². The Bertz CT molecular complexity index is 339. The second-order valence-electron chi connectivity index (χ2n) is 6.06. The van der Waals surface area contributed by atoms with Gasteiger partial charge in [-0.05, 0) is 5.41 Å². The number of hydrogen-bond acceptors (Lipinski definition) is 4. The summed E-state index contributed by atoms with van der Waals surface area (Å²) in [5.74, 6) is 0. The van der Waals surface area contributed by atoms with Crippen LogP contribution in [0.1, 0.15) is 39.5 Å². The fraction of sp³-hybridized carbons (Fsp3) is 0.769. The molecule has 1 heterocycles. The first-order valence-electron chi connectivity index (χ1n) is 6.17. The molecule has 0 aliphatic heterocycles. The molecule has 0 saturated heterocycles. The molecule has 0 aliphatic carbocycles. The summed E-state index contributed by atoms with van der Waals surface area (Å²) in [5, 5.41) is 4.53. The summed E-state index contributed by atoms with van der Waals surface area (Å²) >= 11 is 1.78. The lowest BCUT2D eigenvalue weighted by atomic mass is 9.96. The van der Waals surface area contributed by atoms with Crippen molar-refractivity contribution in [2.75, 3.05) is 18.5 Å². The predicted octanol–water partition coefficient (Wildman–Crippen LogP) is 3.12. The lowest BCUT2D eigenvalue weighted by Gasteiger charge is -2.26.